The van der Waals surface area contributed by atoms with E-state index in [1.54, 1.807) is 0 Å². The van der Waals surface area contributed by atoms with Crippen LogP contribution in [0.5, 0.6) is 0 Å². The van der Waals surface area contributed by atoms with Gasteiger partial charge in [-0.2, -0.15) is 18.3 Å². The third kappa shape index (κ3) is 2.07. The molecule has 0 saturated heterocycles. The molecular formula is C6H4ClF3N2. The minimum atomic E-state index is -4.43. The SMILES string of the molecule is FC(F)(F)c1ccc(CCl)nn1. The number of hydrogen-bond donors (Lipinski definition) is 0. The van der Waals surface area contributed by atoms with Gasteiger partial charge >= 0.3 is 6.18 Å². The van der Waals surface area contributed by atoms with E-state index < -0.39 is 11.9 Å². The molecule has 0 aliphatic carbocycles. The molecule has 0 unspecified atom stereocenters. The number of hydrogen-bond acceptors (Lipinski definition) is 2. The lowest BCUT2D eigenvalue weighted by Crippen LogP contribution is -2.09. The van der Waals surface area contributed by atoms with E-state index in [4.69, 9.17) is 11.6 Å². The highest BCUT2D eigenvalue weighted by atomic mass is 35.5. The molecule has 0 radical (unpaired) electrons. The van der Waals surface area contributed by atoms with Crippen LogP contribution in [0.15, 0.2) is 12.1 Å². The highest BCUT2D eigenvalue weighted by Crippen LogP contribution is 2.26. The molecule has 2 nitrogen and oxygen atoms in total. The summed E-state index contributed by atoms with van der Waals surface area (Å²) in [4.78, 5) is 0. The van der Waals surface area contributed by atoms with E-state index >= 15 is 0 Å². The monoisotopic (exact) mass is 196 g/mol. The van der Waals surface area contributed by atoms with Crippen molar-refractivity contribution in [3.63, 3.8) is 0 Å². The molecule has 0 atom stereocenters. The van der Waals surface area contributed by atoms with Gasteiger partial charge in [-0.15, -0.1) is 16.7 Å². The van der Waals surface area contributed by atoms with Crippen molar-refractivity contribution in [2.24, 2.45) is 0 Å². The third-order valence-corrected chi connectivity index (χ3v) is 1.42. The Labute approximate surface area is 71.4 Å². The van der Waals surface area contributed by atoms with E-state index in [2.05, 4.69) is 10.2 Å². The van der Waals surface area contributed by atoms with Gasteiger partial charge in [-0.1, -0.05) is 0 Å². The summed E-state index contributed by atoms with van der Waals surface area (Å²) in [5, 5.41) is 6.22. The Balaban J connectivity index is 2.93. The summed E-state index contributed by atoms with van der Waals surface area (Å²) in [5.74, 6) is 0.0607. The average Bonchev–Trinajstić information content (AvgIpc) is 2.03. The van der Waals surface area contributed by atoms with E-state index in [9.17, 15) is 13.2 Å². The molecule has 1 aromatic heterocycles. The zero-order valence-electron chi connectivity index (χ0n) is 5.77. The van der Waals surface area contributed by atoms with Gasteiger partial charge in [0.15, 0.2) is 5.69 Å². The minimum Gasteiger partial charge on any atom is -0.164 e. The van der Waals surface area contributed by atoms with Crippen LogP contribution in [0.4, 0.5) is 13.2 Å². The molecule has 0 aromatic carbocycles. The van der Waals surface area contributed by atoms with Crippen molar-refractivity contribution in [3.05, 3.63) is 23.5 Å². The fourth-order valence-electron chi connectivity index (χ4n) is 0.582. The first-order chi connectivity index (χ1) is 5.54. The number of halogens is 4. The van der Waals surface area contributed by atoms with Gasteiger partial charge in [0, 0.05) is 0 Å². The number of aromatic nitrogens is 2. The van der Waals surface area contributed by atoms with Crippen LogP contribution in [0.25, 0.3) is 0 Å². The Hall–Kier alpha value is -0.840. The highest BCUT2D eigenvalue weighted by Gasteiger charge is 2.32. The number of rotatable bonds is 1. The van der Waals surface area contributed by atoms with E-state index in [0.29, 0.717) is 5.69 Å². The lowest BCUT2D eigenvalue weighted by molar-refractivity contribution is -0.141. The van der Waals surface area contributed by atoms with Crippen LogP contribution < -0.4 is 0 Å². The predicted octanol–water partition coefficient (Wildman–Crippen LogP) is 2.23. The molecule has 0 saturated carbocycles. The maximum Gasteiger partial charge on any atom is 0.435 e. The number of alkyl halides is 4. The first-order valence-electron chi connectivity index (χ1n) is 3.00. The van der Waals surface area contributed by atoms with Crippen LogP contribution >= 0.6 is 11.6 Å². The zero-order valence-corrected chi connectivity index (χ0v) is 6.52. The standard InChI is InChI=1S/C6H4ClF3N2/c7-3-4-1-2-5(12-11-4)6(8,9)10/h1-2H,3H2. The van der Waals surface area contributed by atoms with Gasteiger partial charge in [0.05, 0.1) is 11.6 Å². The van der Waals surface area contributed by atoms with Crippen LogP contribution in [0.3, 0.4) is 0 Å². The molecule has 0 aliphatic heterocycles. The molecule has 0 aliphatic rings. The summed E-state index contributed by atoms with van der Waals surface area (Å²) < 4.78 is 35.7. The van der Waals surface area contributed by atoms with Gasteiger partial charge in [0.25, 0.3) is 0 Å². The van der Waals surface area contributed by atoms with Crippen LogP contribution in [0.2, 0.25) is 0 Å². The fourth-order valence-corrected chi connectivity index (χ4v) is 0.725. The first kappa shape index (κ1) is 9.25. The van der Waals surface area contributed by atoms with Crippen LogP contribution in [-0.4, -0.2) is 10.2 Å². The highest BCUT2D eigenvalue weighted by molar-refractivity contribution is 6.16. The second-order valence-corrected chi connectivity index (χ2v) is 2.31. The van der Waals surface area contributed by atoms with Gasteiger partial charge in [-0.05, 0) is 12.1 Å². The number of nitrogens with zero attached hydrogens (tertiary/aromatic N) is 2. The summed E-state index contributed by atoms with van der Waals surface area (Å²) in [5.41, 5.74) is -0.680. The Morgan fingerprint density at radius 2 is 1.92 bits per heavy atom. The van der Waals surface area contributed by atoms with E-state index in [0.717, 1.165) is 6.07 Å². The summed E-state index contributed by atoms with van der Waals surface area (Å²) >= 11 is 5.31. The summed E-state index contributed by atoms with van der Waals surface area (Å²) in [6, 6.07) is 2.05. The topological polar surface area (TPSA) is 25.8 Å². The van der Waals surface area contributed by atoms with Crippen LogP contribution in [-0.2, 0) is 12.1 Å². The average molecular weight is 197 g/mol. The third-order valence-electron chi connectivity index (χ3n) is 1.15. The zero-order chi connectivity index (χ0) is 9.19. The van der Waals surface area contributed by atoms with Gasteiger partial charge in [0.1, 0.15) is 0 Å². The quantitative estimate of drug-likeness (QED) is 0.644. The van der Waals surface area contributed by atoms with E-state index in [1.807, 2.05) is 0 Å². The second-order valence-electron chi connectivity index (χ2n) is 2.04. The fraction of sp³-hybridized carbons (Fsp3) is 0.333. The van der Waals surface area contributed by atoms with Crippen LogP contribution in [0, 0.1) is 0 Å². The Morgan fingerprint density at radius 3 is 2.25 bits per heavy atom. The maximum atomic E-state index is 11.9. The largest absolute Gasteiger partial charge is 0.435 e. The smallest absolute Gasteiger partial charge is 0.164 e. The van der Waals surface area contributed by atoms with E-state index in [-0.39, 0.29) is 5.88 Å². The molecule has 12 heavy (non-hydrogen) atoms. The van der Waals surface area contributed by atoms with Gasteiger partial charge in [0.2, 0.25) is 0 Å². The molecule has 0 spiro atoms. The van der Waals surface area contributed by atoms with Gasteiger partial charge < -0.3 is 0 Å². The molecule has 0 N–H and O–H groups in total. The van der Waals surface area contributed by atoms with Crippen molar-refractivity contribution in [1.29, 1.82) is 0 Å². The lowest BCUT2D eigenvalue weighted by atomic mass is 10.3. The molecule has 0 fully saturated rings. The molecule has 0 bridgehead atoms. The van der Waals surface area contributed by atoms with Crippen molar-refractivity contribution in [1.82, 2.24) is 10.2 Å². The molecule has 1 heterocycles. The molecule has 1 rings (SSSR count). The molecular weight excluding hydrogens is 193 g/mol. The van der Waals surface area contributed by atoms with E-state index in [1.165, 1.54) is 6.07 Å². The van der Waals surface area contributed by atoms with Crippen molar-refractivity contribution in [2.75, 3.05) is 0 Å². The second kappa shape index (κ2) is 3.26. The van der Waals surface area contributed by atoms with Gasteiger partial charge in [-0.25, -0.2) is 0 Å². The van der Waals surface area contributed by atoms with Crippen molar-refractivity contribution in [2.45, 2.75) is 12.1 Å². The van der Waals surface area contributed by atoms with Crippen molar-refractivity contribution in [3.8, 4) is 0 Å². The molecule has 1 aromatic rings. The predicted molar refractivity (Wildman–Crippen MR) is 36.6 cm³/mol. The van der Waals surface area contributed by atoms with Crippen molar-refractivity contribution >= 4 is 11.6 Å². The Kier molecular flexibility index (Phi) is 2.52. The van der Waals surface area contributed by atoms with Crippen molar-refractivity contribution < 1.29 is 13.2 Å². The Bertz CT molecular complexity index is 256. The minimum absolute atomic E-state index is 0.0607. The Morgan fingerprint density at radius 1 is 1.25 bits per heavy atom. The molecule has 0 amide bonds. The summed E-state index contributed by atoms with van der Waals surface area (Å²) in [6.07, 6.45) is -4.43. The van der Waals surface area contributed by atoms with Crippen LogP contribution in [0.1, 0.15) is 11.4 Å². The lowest BCUT2D eigenvalue weighted by Gasteiger charge is -2.03. The van der Waals surface area contributed by atoms with Gasteiger partial charge in [-0.3, -0.25) is 0 Å². The first-order valence-corrected chi connectivity index (χ1v) is 3.53. The molecule has 66 valence electrons. The normalized spacial score (nSPS) is 11.7. The summed E-state index contributed by atoms with van der Waals surface area (Å²) in [7, 11) is 0. The summed E-state index contributed by atoms with van der Waals surface area (Å²) in [6.45, 7) is 0. The molecule has 6 heteroatoms. The maximum absolute atomic E-state index is 11.9.